The number of aromatic hydroxyl groups is 2. The van der Waals surface area contributed by atoms with Crippen molar-refractivity contribution in [3.05, 3.63) is 59.7 Å². The Balaban J connectivity index is 2.63. The maximum atomic E-state index is 15.3. The zero-order valence-corrected chi connectivity index (χ0v) is 19.2. The molecule has 0 amide bonds. The van der Waals surface area contributed by atoms with Crippen molar-refractivity contribution in [2.24, 2.45) is 0 Å². The van der Waals surface area contributed by atoms with Gasteiger partial charge >= 0.3 is 43.5 Å². The van der Waals surface area contributed by atoms with E-state index in [4.69, 9.17) is 0 Å². The van der Waals surface area contributed by atoms with Gasteiger partial charge in [0.15, 0.2) is 0 Å². The molecule has 0 unspecified atom stereocenters. The van der Waals surface area contributed by atoms with E-state index >= 15 is 8.78 Å². The van der Waals surface area contributed by atoms with E-state index in [-0.39, 0.29) is 24.3 Å². The Morgan fingerprint density at radius 2 is 0.738 bits per heavy atom. The van der Waals surface area contributed by atoms with Crippen LogP contribution in [0.25, 0.3) is 0 Å². The zero-order chi connectivity index (χ0) is 32.8. The number of hydrogen-bond acceptors (Lipinski definition) is 6. The van der Waals surface area contributed by atoms with Crippen molar-refractivity contribution >= 4 is 0 Å². The molecule has 42 heavy (non-hydrogen) atoms. The van der Waals surface area contributed by atoms with E-state index in [1.54, 1.807) is 4.74 Å². The highest BCUT2D eigenvalue weighted by atomic mass is 19.4. The number of alkyl halides is 16. The maximum Gasteiger partial charge on any atom is 0.529 e. The van der Waals surface area contributed by atoms with E-state index in [0.717, 1.165) is 0 Å². The minimum absolute atomic E-state index is 0.0322. The van der Waals surface area contributed by atoms with Crippen molar-refractivity contribution in [1.82, 2.24) is 0 Å². The predicted molar refractivity (Wildman–Crippen MR) is 98.2 cm³/mol. The quantitative estimate of drug-likeness (QED) is 0.195. The van der Waals surface area contributed by atoms with Crippen molar-refractivity contribution in [2.45, 2.75) is 48.9 Å². The van der Waals surface area contributed by atoms with Crippen LogP contribution in [0.2, 0.25) is 0 Å². The Hall–Kier alpha value is -3.24. The van der Waals surface area contributed by atoms with Crippen LogP contribution in [0.5, 0.6) is 11.5 Å². The minimum atomic E-state index is -7.37. The molecule has 2 N–H and O–H groups in total. The molecule has 0 radical (unpaired) electrons. The summed E-state index contributed by atoms with van der Waals surface area (Å²) in [6, 6.07) is 1.31. The average molecular weight is 650 g/mol. The molecule has 0 saturated carbocycles. The first-order valence-corrected chi connectivity index (χ1v) is 10.00. The van der Waals surface area contributed by atoms with E-state index in [0.29, 0.717) is 24.3 Å². The van der Waals surface area contributed by atoms with Gasteiger partial charge in [-0.2, -0.15) is 44.3 Å². The van der Waals surface area contributed by atoms with Gasteiger partial charge in [0.2, 0.25) is 5.41 Å². The molecule has 2 aromatic rings. The Labute approximate surface area is 220 Å². The molecule has 0 aliphatic carbocycles. The number of hydrogen-bond donors (Lipinski definition) is 2. The highest BCUT2D eigenvalue weighted by Gasteiger charge is 2.78. The summed E-state index contributed by atoms with van der Waals surface area (Å²) < 4.78 is 226. The number of rotatable bonds is 11. The van der Waals surface area contributed by atoms with E-state index in [2.05, 4.69) is 4.74 Å². The first kappa shape index (κ1) is 35.0. The SMILES string of the molecule is Oc1ccc(C(c2ccc(O)cc2)(C(F)(F)F)C(F)(F)OC(F)(F)C(F)(F)OC(F)(F)OC(F)(F)OC(F)(F)F)cc1. The van der Waals surface area contributed by atoms with Crippen LogP contribution in [-0.2, 0) is 24.4 Å². The third-order valence-electron chi connectivity index (χ3n) is 4.78. The van der Waals surface area contributed by atoms with E-state index in [1.165, 1.54) is 0 Å². The summed E-state index contributed by atoms with van der Waals surface area (Å²) in [5, 5.41) is 18.6. The largest absolute Gasteiger partial charge is 0.529 e. The normalized spacial score (nSPS) is 14.8. The van der Waals surface area contributed by atoms with Gasteiger partial charge in [0.1, 0.15) is 11.5 Å². The van der Waals surface area contributed by atoms with Crippen molar-refractivity contribution < 1.29 is 99.4 Å². The molecule has 0 spiro atoms. The Morgan fingerprint density at radius 3 is 1.07 bits per heavy atom. The van der Waals surface area contributed by atoms with Gasteiger partial charge in [0, 0.05) is 0 Å². The van der Waals surface area contributed by atoms with Gasteiger partial charge < -0.3 is 10.2 Å². The molecular formula is C20H10F16O6. The smallest absolute Gasteiger partial charge is 0.508 e. The second-order valence-corrected chi connectivity index (χ2v) is 7.67. The fourth-order valence-corrected chi connectivity index (χ4v) is 3.24. The van der Waals surface area contributed by atoms with E-state index in [1.807, 2.05) is 9.47 Å². The van der Waals surface area contributed by atoms with Crippen LogP contribution < -0.4 is 0 Å². The van der Waals surface area contributed by atoms with E-state index in [9.17, 15) is 71.7 Å². The summed E-state index contributed by atoms with van der Waals surface area (Å²) in [6.07, 6.45) is -48.1. The Morgan fingerprint density at radius 1 is 0.405 bits per heavy atom. The molecular weight excluding hydrogens is 640 g/mol. The maximum absolute atomic E-state index is 15.3. The number of phenols is 2. The van der Waals surface area contributed by atoms with Gasteiger partial charge in [-0.15, -0.1) is 30.7 Å². The topological polar surface area (TPSA) is 77.4 Å². The molecule has 2 rings (SSSR count). The number of benzene rings is 2. The summed E-state index contributed by atoms with van der Waals surface area (Å²) in [4.78, 5) is 0. The molecule has 0 bridgehead atoms. The lowest BCUT2D eigenvalue weighted by Crippen LogP contribution is -2.62. The molecule has 0 aliphatic rings. The van der Waals surface area contributed by atoms with Gasteiger partial charge in [-0.05, 0) is 35.4 Å². The molecule has 22 heteroatoms. The van der Waals surface area contributed by atoms with Crippen LogP contribution in [0.4, 0.5) is 70.2 Å². The van der Waals surface area contributed by atoms with Crippen LogP contribution in [0.1, 0.15) is 11.1 Å². The number of halogens is 16. The van der Waals surface area contributed by atoms with Crippen LogP contribution in [0.3, 0.4) is 0 Å². The van der Waals surface area contributed by atoms with Gasteiger partial charge in [-0.1, -0.05) is 24.3 Å². The highest BCUT2D eigenvalue weighted by Crippen LogP contribution is 2.59. The molecule has 0 fully saturated rings. The molecule has 6 nitrogen and oxygen atoms in total. The van der Waals surface area contributed by atoms with Gasteiger partial charge in [-0.25, -0.2) is 14.2 Å². The minimum Gasteiger partial charge on any atom is -0.508 e. The van der Waals surface area contributed by atoms with Crippen molar-refractivity contribution in [3.8, 4) is 11.5 Å². The van der Waals surface area contributed by atoms with Crippen LogP contribution in [-0.4, -0.2) is 53.7 Å². The summed E-state index contributed by atoms with van der Waals surface area (Å²) in [5.74, 6) is -1.80. The summed E-state index contributed by atoms with van der Waals surface area (Å²) >= 11 is 0. The molecule has 0 aromatic heterocycles. The van der Waals surface area contributed by atoms with Crippen molar-refractivity contribution in [2.75, 3.05) is 0 Å². The van der Waals surface area contributed by atoms with Gasteiger partial charge in [0.25, 0.3) is 0 Å². The van der Waals surface area contributed by atoms with Crippen molar-refractivity contribution in [1.29, 1.82) is 0 Å². The predicted octanol–water partition coefficient (Wildman–Crippen LogP) is 7.41. The second kappa shape index (κ2) is 10.8. The summed E-state index contributed by atoms with van der Waals surface area (Å²) in [5.41, 5.74) is -8.93. The lowest BCUT2D eigenvalue weighted by Gasteiger charge is -2.43. The van der Waals surface area contributed by atoms with Crippen molar-refractivity contribution in [3.63, 3.8) is 0 Å². The van der Waals surface area contributed by atoms with Gasteiger partial charge in [-0.3, -0.25) is 0 Å². The second-order valence-electron chi connectivity index (χ2n) is 7.67. The molecule has 0 atom stereocenters. The Bertz CT molecular complexity index is 1160. The third kappa shape index (κ3) is 7.39. The fraction of sp³-hybridized carbons (Fsp3) is 0.400. The van der Waals surface area contributed by atoms with Crippen LogP contribution in [0, 0.1) is 0 Å². The summed E-state index contributed by atoms with van der Waals surface area (Å²) in [7, 11) is 0. The van der Waals surface area contributed by atoms with Crippen LogP contribution in [0.15, 0.2) is 48.5 Å². The lowest BCUT2D eigenvalue weighted by atomic mass is 9.72. The average Bonchev–Trinajstić information content (AvgIpc) is 2.71. The summed E-state index contributed by atoms with van der Waals surface area (Å²) in [6.45, 7) is 0. The first-order chi connectivity index (χ1) is 18.6. The number of phenolic OH excluding ortho intramolecular Hbond substituents is 2. The fourth-order valence-electron chi connectivity index (χ4n) is 3.24. The first-order valence-electron chi connectivity index (χ1n) is 10.00. The molecule has 0 heterocycles. The lowest BCUT2D eigenvalue weighted by molar-refractivity contribution is -0.605. The van der Waals surface area contributed by atoms with Gasteiger partial charge in [0.05, 0.1) is 0 Å². The molecule has 0 saturated heterocycles. The highest BCUT2D eigenvalue weighted by molar-refractivity contribution is 5.46. The monoisotopic (exact) mass is 650 g/mol. The molecule has 0 aliphatic heterocycles. The number of ether oxygens (including phenoxy) is 4. The standard InChI is InChI=1S/C20H10F16O6/c21-14(22,23)13(9-1-5-11(37)6-2-9,10-3-7-12(38)8-4-10)15(24,25)39-16(26,27)17(28,29)40-19(33,34)42-20(35,36)41-18(30,31)32/h1-8,37-38H. The zero-order valence-electron chi connectivity index (χ0n) is 19.2. The van der Waals surface area contributed by atoms with E-state index < -0.39 is 71.5 Å². The molecule has 238 valence electrons. The Kier molecular flexibility index (Phi) is 8.98. The van der Waals surface area contributed by atoms with Crippen LogP contribution >= 0.6 is 0 Å². The third-order valence-corrected chi connectivity index (χ3v) is 4.78. The molecule has 2 aromatic carbocycles.